The molecule has 48 heavy (non-hydrogen) atoms. The van der Waals surface area contributed by atoms with Crippen molar-refractivity contribution in [3.63, 3.8) is 0 Å². The monoisotopic (exact) mass is 677 g/mol. The first kappa shape index (κ1) is 33.5. The summed E-state index contributed by atoms with van der Waals surface area (Å²) in [4.78, 5) is 24.4. The zero-order valence-corrected chi connectivity index (χ0v) is 27.3. The van der Waals surface area contributed by atoms with Crippen LogP contribution in [-0.4, -0.2) is 64.2 Å². The van der Waals surface area contributed by atoms with Crippen LogP contribution in [-0.2, 0) is 28.5 Å². The van der Waals surface area contributed by atoms with Gasteiger partial charge in [-0.2, -0.15) is 13.2 Å². The number of carbonyl (C=O) groups excluding carboxylic acids is 1. The lowest BCUT2D eigenvalue weighted by Gasteiger charge is -2.37. The molecule has 1 atom stereocenters. The summed E-state index contributed by atoms with van der Waals surface area (Å²) in [6.45, 7) is 6.12. The summed E-state index contributed by atoms with van der Waals surface area (Å²) in [5, 5.41) is 0. The summed E-state index contributed by atoms with van der Waals surface area (Å²) in [7, 11) is -1.72. The second kappa shape index (κ2) is 15.2. The number of benzene rings is 3. The smallest absolute Gasteiger partial charge is 0.416 e. The van der Waals surface area contributed by atoms with Crippen molar-refractivity contribution in [3.8, 4) is 11.6 Å². The average Bonchev–Trinajstić information content (AvgIpc) is 3.10. The molecule has 0 spiro atoms. The predicted molar refractivity (Wildman–Crippen MR) is 180 cm³/mol. The molecule has 2 saturated heterocycles. The Hall–Kier alpha value is -4.42. The van der Waals surface area contributed by atoms with Gasteiger partial charge in [-0.3, -0.25) is 9.69 Å². The van der Waals surface area contributed by atoms with Gasteiger partial charge in [0.1, 0.15) is 5.75 Å². The molecule has 2 aliphatic heterocycles. The molecule has 2 fully saturated rings. The molecule has 3 aromatic carbocycles. The summed E-state index contributed by atoms with van der Waals surface area (Å²) in [6.07, 6.45) is -0.466. The number of nitrogens with zero attached hydrogens (tertiary/aromatic N) is 4. The lowest BCUT2D eigenvalue weighted by Crippen LogP contribution is -2.48. The van der Waals surface area contributed by atoms with E-state index in [4.69, 9.17) is 4.74 Å². The third-order valence-electron chi connectivity index (χ3n) is 8.82. The molecule has 0 bridgehead atoms. The van der Waals surface area contributed by atoms with Gasteiger partial charge in [-0.1, -0.05) is 30.3 Å². The highest BCUT2D eigenvalue weighted by atomic mass is 32.2. The van der Waals surface area contributed by atoms with Crippen LogP contribution in [0.2, 0.25) is 0 Å². The first-order valence-electron chi connectivity index (χ1n) is 16.1. The van der Waals surface area contributed by atoms with Crippen LogP contribution in [0.3, 0.4) is 0 Å². The molecule has 1 aromatic heterocycles. The molecule has 2 aliphatic rings. The minimum atomic E-state index is -4.43. The van der Waals surface area contributed by atoms with Crippen molar-refractivity contribution in [2.75, 3.05) is 48.9 Å². The lowest BCUT2D eigenvalue weighted by molar-refractivity contribution is -0.137. The average molecular weight is 678 g/mol. The molecule has 1 unspecified atom stereocenters. The number of piperidine rings is 1. The van der Waals surface area contributed by atoms with Crippen LogP contribution in [0.15, 0.2) is 102 Å². The first-order valence-corrected chi connectivity index (χ1v) is 17.2. The van der Waals surface area contributed by atoms with E-state index in [1.54, 1.807) is 12.1 Å². The standard InChI is InChI=1S/C36H38F3N5O3S/c37-36(38,39)29-6-8-30(9-7-29)41-48(46)33-14-15-34(40-25-33)47-32-12-10-31(11-13-32)43-18-16-27(17-19-43)24-35(45)44-22-20-42(21-23-44)26-28-4-2-1-3-5-28/h1-15,25,27,41H,16-24,26H2. The second-order valence-electron chi connectivity index (χ2n) is 12.2. The Bertz CT molecular complexity index is 1660. The largest absolute Gasteiger partial charge is 0.439 e. The molecule has 4 aromatic rings. The third-order valence-corrected chi connectivity index (χ3v) is 9.91. The van der Waals surface area contributed by atoms with Gasteiger partial charge in [0.2, 0.25) is 11.8 Å². The minimum absolute atomic E-state index is 0.276. The first-order chi connectivity index (χ1) is 23.2. The van der Waals surface area contributed by atoms with Crippen molar-refractivity contribution >= 4 is 28.3 Å². The van der Waals surface area contributed by atoms with Gasteiger partial charge < -0.3 is 19.3 Å². The number of hydrogen-bond acceptors (Lipinski definition) is 6. The third kappa shape index (κ3) is 8.93. The summed E-state index contributed by atoms with van der Waals surface area (Å²) in [5.74, 6) is 1.60. The van der Waals surface area contributed by atoms with E-state index in [1.807, 2.05) is 35.2 Å². The van der Waals surface area contributed by atoms with Crippen LogP contribution >= 0.6 is 0 Å². The fourth-order valence-electron chi connectivity index (χ4n) is 6.04. The van der Waals surface area contributed by atoms with Gasteiger partial charge in [-0.15, -0.1) is 0 Å². The molecular weight excluding hydrogens is 639 g/mol. The van der Waals surface area contributed by atoms with Crippen molar-refractivity contribution in [2.24, 2.45) is 5.92 Å². The van der Waals surface area contributed by atoms with E-state index in [2.05, 4.69) is 43.8 Å². The fourth-order valence-corrected chi connectivity index (χ4v) is 6.85. The summed E-state index contributed by atoms with van der Waals surface area (Å²) in [5.41, 5.74) is 1.92. The van der Waals surface area contributed by atoms with Crippen molar-refractivity contribution in [3.05, 3.63) is 108 Å². The van der Waals surface area contributed by atoms with Gasteiger partial charge >= 0.3 is 6.18 Å². The normalized spacial score (nSPS) is 16.8. The van der Waals surface area contributed by atoms with E-state index in [-0.39, 0.29) is 5.91 Å². The number of amides is 1. The number of rotatable bonds is 10. The van der Waals surface area contributed by atoms with E-state index < -0.39 is 22.7 Å². The van der Waals surface area contributed by atoms with Gasteiger partial charge in [0.05, 0.1) is 10.5 Å². The Kier molecular flexibility index (Phi) is 10.6. The lowest BCUT2D eigenvalue weighted by atomic mass is 9.92. The molecule has 8 nitrogen and oxygen atoms in total. The van der Waals surface area contributed by atoms with Gasteiger partial charge in [0, 0.05) is 75.9 Å². The summed E-state index contributed by atoms with van der Waals surface area (Å²) < 4.78 is 59.5. The predicted octanol–water partition coefficient (Wildman–Crippen LogP) is 6.98. The van der Waals surface area contributed by atoms with E-state index in [1.165, 1.54) is 23.9 Å². The molecule has 1 N–H and O–H groups in total. The maximum Gasteiger partial charge on any atom is 0.416 e. The Morgan fingerprint density at radius 2 is 1.54 bits per heavy atom. The number of anilines is 2. The van der Waals surface area contributed by atoms with E-state index in [0.29, 0.717) is 34.6 Å². The molecule has 1 amide bonds. The number of alkyl halides is 3. The molecule has 3 heterocycles. The van der Waals surface area contributed by atoms with Gasteiger partial charge in [0.15, 0.2) is 11.0 Å². The fraction of sp³-hybridized carbons (Fsp3) is 0.333. The highest BCUT2D eigenvalue weighted by Gasteiger charge is 2.30. The summed E-state index contributed by atoms with van der Waals surface area (Å²) in [6, 6.07) is 25.7. The zero-order chi connectivity index (χ0) is 33.5. The van der Waals surface area contributed by atoms with Crippen LogP contribution in [0.1, 0.15) is 30.4 Å². The Labute approximate surface area is 281 Å². The van der Waals surface area contributed by atoms with Crippen LogP contribution < -0.4 is 14.4 Å². The Morgan fingerprint density at radius 3 is 2.17 bits per heavy atom. The van der Waals surface area contributed by atoms with E-state index in [9.17, 15) is 22.2 Å². The van der Waals surface area contributed by atoms with Gasteiger partial charge in [-0.25, -0.2) is 9.19 Å². The number of hydrogen-bond donors (Lipinski definition) is 1. The topological polar surface area (TPSA) is 78.0 Å². The zero-order valence-electron chi connectivity index (χ0n) is 26.4. The quantitative estimate of drug-likeness (QED) is 0.195. The minimum Gasteiger partial charge on any atom is -0.439 e. The number of nitrogens with one attached hydrogen (secondary N) is 1. The number of pyridine rings is 1. The van der Waals surface area contributed by atoms with Gasteiger partial charge in [-0.05, 0) is 78.9 Å². The van der Waals surface area contributed by atoms with E-state index in [0.717, 1.165) is 76.5 Å². The van der Waals surface area contributed by atoms with Crippen molar-refractivity contribution in [1.29, 1.82) is 0 Å². The Morgan fingerprint density at radius 1 is 0.854 bits per heavy atom. The second-order valence-corrected chi connectivity index (χ2v) is 13.4. The molecule has 12 heteroatoms. The SMILES string of the molecule is O=C(CC1CCN(c2ccc(Oc3ccc(S(=O)Nc4ccc(C(F)(F)F)cc4)cn3)cc2)CC1)N1CCN(Cc2ccccc2)CC1. The van der Waals surface area contributed by atoms with Crippen LogP contribution in [0.25, 0.3) is 0 Å². The van der Waals surface area contributed by atoms with Crippen molar-refractivity contribution < 1.29 is 26.9 Å². The maximum absolute atomic E-state index is 13.1. The highest BCUT2D eigenvalue weighted by Crippen LogP contribution is 2.31. The molecular formula is C36H38F3N5O3S. The molecule has 0 aliphatic carbocycles. The summed E-state index contributed by atoms with van der Waals surface area (Å²) >= 11 is 0. The number of ether oxygens (including phenoxy) is 1. The maximum atomic E-state index is 13.1. The van der Waals surface area contributed by atoms with Crippen molar-refractivity contribution in [1.82, 2.24) is 14.8 Å². The van der Waals surface area contributed by atoms with E-state index >= 15 is 0 Å². The number of aromatic nitrogens is 1. The highest BCUT2D eigenvalue weighted by molar-refractivity contribution is 7.86. The molecule has 0 saturated carbocycles. The number of halogens is 3. The number of carbonyl (C=O) groups is 1. The number of piperazine rings is 1. The van der Waals surface area contributed by atoms with Crippen LogP contribution in [0, 0.1) is 5.92 Å². The molecule has 252 valence electrons. The van der Waals surface area contributed by atoms with Crippen LogP contribution in [0.4, 0.5) is 24.5 Å². The van der Waals surface area contributed by atoms with Gasteiger partial charge in [0.25, 0.3) is 0 Å². The molecule has 6 rings (SSSR count). The molecule has 0 radical (unpaired) electrons. The Balaban J connectivity index is 0.918. The van der Waals surface area contributed by atoms with Crippen molar-refractivity contribution in [2.45, 2.75) is 36.9 Å². The van der Waals surface area contributed by atoms with Crippen LogP contribution in [0.5, 0.6) is 11.6 Å².